The van der Waals surface area contributed by atoms with E-state index >= 15 is 0 Å². The highest BCUT2D eigenvalue weighted by atomic mass is 16.5. The number of methoxy groups -OCH3 is 2. The van der Waals surface area contributed by atoms with Gasteiger partial charge in [0, 0.05) is 0 Å². The molecule has 0 fully saturated rings. The molecule has 2 rings (SSSR count). The predicted molar refractivity (Wildman–Crippen MR) is 66.4 cm³/mol. The predicted octanol–water partition coefficient (Wildman–Crippen LogP) is 2.16. The van der Waals surface area contributed by atoms with E-state index in [1.165, 1.54) is 26.5 Å². The van der Waals surface area contributed by atoms with Gasteiger partial charge in [0.15, 0.2) is 11.5 Å². The van der Waals surface area contributed by atoms with Crippen molar-refractivity contribution >= 4 is 0 Å². The third-order valence-corrected chi connectivity index (χ3v) is 2.39. The van der Waals surface area contributed by atoms with Crippen LogP contribution in [0.4, 0.5) is 0 Å². The van der Waals surface area contributed by atoms with Crippen molar-refractivity contribution in [2.24, 2.45) is 0 Å². The van der Waals surface area contributed by atoms with Crippen LogP contribution < -0.4 is 14.2 Å². The second-order valence-electron chi connectivity index (χ2n) is 3.46. The van der Waals surface area contributed by atoms with Gasteiger partial charge < -0.3 is 14.2 Å². The first-order chi connectivity index (χ1) is 9.30. The quantitative estimate of drug-likeness (QED) is 0.835. The Labute approximate surface area is 110 Å². The molecule has 0 aliphatic heterocycles. The van der Waals surface area contributed by atoms with Crippen molar-refractivity contribution in [1.82, 2.24) is 10.2 Å². The van der Waals surface area contributed by atoms with E-state index in [1.807, 2.05) is 6.07 Å². The van der Waals surface area contributed by atoms with Crippen LogP contribution in [0.3, 0.4) is 0 Å². The van der Waals surface area contributed by atoms with Crippen LogP contribution in [0.25, 0.3) is 0 Å². The van der Waals surface area contributed by atoms with Crippen LogP contribution in [0.2, 0.25) is 0 Å². The minimum atomic E-state index is 0.104. The molecule has 6 nitrogen and oxygen atoms in total. The maximum atomic E-state index is 8.99. The number of ether oxygens (including phenoxy) is 3. The highest BCUT2D eigenvalue weighted by Crippen LogP contribution is 2.39. The lowest BCUT2D eigenvalue weighted by Crippen LogP contribution is -1.98. The average molecular weight is 257 g/mol. The molecule has 0 spiro atoms. The van der Waals surface area contributed by atoms with Gasteiger partial charge in [-0.1, -0.05) is 6.07 Å². The molecule has 0 radical (unpaired) electrons. The van der Waals surface area contributed by atoms with Crippen molar-refractivity contribution in [3.63, 3.8) is 0 Å². The number of aromatic nitrogens is 2. The molecule has 96 valence electrons. The number of nitrogens with zero attached hydrogens (tertiary/aromatic N) is 3. The lowest BCUT2D eigenvalue weighted by Gasteiger charge is -2.13. The van der Waals surface area contributed by atoms with E-state index in [-0.39, 0.29) is 11.4 Å². The van der Waals surface area contributed by atoms with Gasteiger partial charge in [0.2, 0.25) is 5.75 Å². The van der Waals surface area contributed by atoms with Crippen molar-refractivity contribution in [2.45, 2.75) is 0 Å². The fourth-order valence-electron chi connectivity index (χ4n) is 1.49. The van der Waals surface area contributed by atoms with Crippen LogP contribution in [0, 0.1) is 11.3 Å². The molecule has 0 atom stereocenters. The molecule has 2 aromatic rings. The lowest BCUT2D eigenvalue weighted by molar-refractivity contribution is 0.340. The Kier molecular flexibility index (Phi) is 3.78. The molecule has 1 aromatic carbocycles. The zero-order chi connectivity index (χ0) is 13.7. The standard InChI is InChI=1S/C13H11N3O3/c1-17-10-4-3-5-11(18-2)12(10)19-13-9(8-14)6-7-15-16-13/h3-7H,1-2H3. The van der Waals surface area contributed by atoms with E-state index in [0.717, 1.165) is 0 Å². The number of hydrogen-bond donors (Lipinski definition) is 0. The zero-order valence-electron chi connectivity index (χ0n) is 10.5. The van der Waals surface area contributed by atoms with Crippen LogP contribution in [0.5, 0.6) is 23.1 Å². The summed E-state index contributed by atoms with van der Waals surface area (Å²) in [4.78, 5) is 0. The zero-order valence-corrected chi connectivity index (χ0v) is 10.5. The monoisotopic (exact) mass is 257 g/mol. The SMILES string of the molecule is COc1cccc(OC)c1Oc1nnccc1C#N. The molecule has 0 unspecified atom stereocenters. The summed E-state index contributed by atoms with van der Waals surface area (Å²) in [7, 11) is 3.03. The highest BCUT2D eigenvalue weighted by Gasteiger charge is 2.15. The van der Waals surface area contributed by atoms with Crippen molar-refractivity contribution in [2.75, 3.05) is 14.2 Å². The van der Waals surface area contributed by atoms with Crippen LogP contribution >= 0.6 is 0 Å². The maximum absolute atomic E-state index is 8.99. The van der Waals surface area contributed by atoms with Gasteiger partial charge in [-0.3, -0.25) is 0 Å². The number of hydrogen-bond acceptors (Lipinski definition) is 6. The smallest absolute Gasteiger partial charge is 0.257 e. The van der Waals surface area contributed by atoms with Crippen molar-refractivity contribution in [3.8, 4) is 29.2 Å². The Morgan fingerprint density at radius 1 is 1.11 bits per heavy atom. The molecule has 0 amide bonds. The van der Waals surface area contributed by atoms with Gasteiger partial charge in [0.05, 0.1) is 20.4 Å². The van der Waals surface area contributed by atoms with Gasteiger partial charge in [0.1, 0.15) is 11.6 Å². The van der Waals surface area contributed by atoms with E-state index in [1.54, 1.807) is 18.2 Å². The van der Waals surface area contributed by atoms with Crippen molar-refractivity contribution in [1.29, 1.82) is 5.26 Å². The Morgan fingerprint density at radius 3 is 2.37 bits per heavy atom. The first-order valence-corrected chi connectivity index (χ1v) is 5.40. The summed E-state index contributed by atoms with van der Waals surface area (Å²) in [6.45, 7) is 0. The van der Waals surface area contributed by atoms with Gasteiger partial charge >= 0.3 is 0 Å². The Balaban J connectivity index is 2.46. The minimum Gasteiger partial charge on any atom is -0.493 e. The summed E-state index contributed by atoms with van der Waals surface area (Å²) < 4.78 is 16.0. The Bertz CT molecular complexity index is 601. The van der Waals surface area contributed by atoms with Crippen LogP contribution in [0.1, 0.15) is 5.56 Å². The van der Waals surface area contributed by atoms with E-state index < -0.39 is 0 Å². The molecule has 1 heterocycles. The molecule has 0 aliphatic rings. The number of para-hydroxylation sites is 1. The molecular weight excluding hydrogens is 246 g/mol. The van der Waals surface area contributed by atoms with Crippen LogP contribution in [-0.2, 0) is 0 Å². The lowest BCUT2D eigenvalue weighted by atomic mass is 10.3. The second-order valence-corrected chi connectivity index (χ2v) is 3.46. The molecule has 6 heteroatoms. The largest absolute Gasteiger partial charge is 0.493 e. The number of benzene rings is 1. The number of rotatable bonds is 4. The van der Waals surface area contributed by atoms with Gasteiger partial charge in [-0.2, -0.15) is 10.4 Å². The normalized spacial score (nSPS) is 9.53. The summed E-state index contributed by atoms with van der Waals surface area (Å²) >= 11 is 0. The molecule has 1 aromatic heterocycles. The molecule has 0 saturated carbocycles. The number of nitriles is 1. The van der Waals surface area contributed by atoms with Crippen LogP contribution in [0.15, 0.2) is 30.5 Å². The summed E-state index contributed by atoms with van der Waals surface area (Å²) in [5.41, 5.74) is 0.281. The molecule has 0 bridgehead atoms. The first-order valence-electron chi connectivity index (χ1n) is 5.40. The molecular formula is C13H11N3O3. The van der Waals surface area contributed by atoms with Crippen molar-refractivity contribution in [3.05, 3.63) is 36.0 Å². The van der Waals surface area contributed by atoms with Crippen molar-refractivity contribution < 1.29 is 14.2 Å². The van der Waals surface area contributed by atoms with E-state index in [0.29, 0.717) is 17.2 Å². The molecule has 19 heavy (non-hydrogen) atoms. The topological polar surface area (TPSA) is 77.3 Å². The van der Waals surface area contributed by atoms with E-state index in [4.69, 9.17) is 19.5 Å². The fourth-order valence-corrected chi connectivity index (χ4v) is 1.49. The average Bonchev–Trinajstić information content (AvgIpc) is 2.48. The van der Waals surface area contributed by atoms with Gasteiger partial charge in [-0.15, -0.1) is 5.10 Å². The Hall–Kier alpha value is -2.81. The van der Waals surface area contributed by atoms with E-state index in [2.05, 4.69) is 10.2 Å². The summed E-state index contributed by atoms with van der Waals surface area (Å²) in [5.74, 6) is 1.42. The summed E-state index contributed by atoms with van der Waals surface area (Å²) in [5, 5.41) is 16.5. The third-order valence-electron chi connectivity index (χ3n) is 2.39. The highest BCUT2D eigenvalue weighted by molar-refractivity contribution is 5.53. The molecule has 0 N–H and O–H groups in total. The third kappa shape index (κ3) is 2.55. The van der Waals surface area contributed by atoms with E-state index in [9.17, 15) is 0 Å². The van der Waals surface area contributed by atoms with Gasteiger partial charge in [-0.05, 0) is 18.2 Å². The molecule has 0 saturated heterocycles. The second kappa shape index (κ2) is 5.69. The summed E-state index contributed by atoms with van der Waals surface area (Å²) in [6.07, 6.45) is 1.42. The maximum Gasteiger partial charge on any atom is 0.257 e. The molecule has 0 aliphatic carbocycles. The van der Waals surface area contributed by atoms with Crippen LogP contribution in [-0.4, -0.2) is 24.4 Å². The first kappa shape index (κ1) is 12.6. The fraction of sp³-hybridized carbons (Fsp3) is 0.154. The summed E-state index contributed by atoms with van der Waals surface area (Å²) in [6, 6.07) is 8.71. The van der Waals surface area contributed by atoms with Gasteiger partial charge in [0.25, 0.3) is 5.88 Å². The van der Waals surface area contributed by atoms with Gasteiger partial charge in [-0.25, -0.2) is 0 Å². The minimum absolute atomic E-state index is 0.104. The Morgan fingerprint density at radius 2 is 1.79 bits per heavy atom.